The van der Waals surface area contributed by atoms with E-state index in [9.17, 15) is 4.79 Å². The number of ether oxygens (including phenoxy) is 1. The van der Waals surface area contributed by atoms with E-state index in [0.29, 0.717) is 12.0 Å². The number of nitrogens with one attached hydrogen (secondary N) is 1. The molecule has 1 atom stereocenters. The third kappa shape index (κ3) is 5.13. The third-order valence-electron chi connectivity index (χ3n) is 5.73. The SMILES string of the molecule is COc1ccc(C2CCCCN(C(=O)NC3CCCCCC3)C2)cc1. The van der Waals surface area contributed by atoms with E-state index in [-0.39, 0.29) is 6.03 Å². The number of carbonyl (C=O) groups is 1. The Morgan fingerprint density at radius 2 is 1.68 bits per heavy atom. The van der Waals surface area contributed by atoms with Crippen LogP contribution >= 0.6 is 0 Å². The molecule has 4 nitrogen and oxygen atoms in total. The first-order valence-corrected chi connectivity index (χ1v) is 9.95. The maximum absolute atomic E-state index is 12.8. The second kappa shape index (κ2) is 9.12. The summed E-state index contributed by atoms with van der Waals surface area (Å²) in [4.78, 5) is 14.9. The van der Waals surface area contributed by atoms with E-state index in [2.05, 4.69) is 17.4 Å². The van der Waals surface area contributed by atoms with Crippen LogP contribution in [0.15, 0.2) is 24.3 Å². The summed E-state index contributed by atoms with van der Waals surface area (Å²) in [6.45, 7) is 1.70. The summed E-state index contributed by atoms with van der Waals surface area (Å²) in [6.07, 6.45) is 10.8. The lowest BCUT2D eigenvalue weighted by molar-refractivity contribution is 0.192. The summed E-state index contributed by atoms with van der Waals surface area (Å²) in [7, 11) is 1.69. The highest BCUT2D eigenvalue weighted by atomic mass is 16.5. The van der Waals surface area contributed by atoms with Crippen molar-refractivity contribution in [2.24, 2.45) is 0 Å². The minimum absolute atomic E-state index is 0.146. The van der Waals surface area contributed by atoms with Crippen molar-refractivity contribution in [3.63, 3.8) is 0 Å². The van der Waals surface area contributed by atoms with Crippen molar-refractivity contribution in [3.05, 3.63) is 29.8 Å². The van der Waals surface area contributed by atoms with Crippen molar-refractivity contribution in [1.29, 1.82) is 0 Å². The molecule has 1 aromatic carbocycles. The molecular weight excluding hydrogens is 312 g/mol. The number of benzene rings is 1. The number of amides is 2. The van der Waals surface area contributed by atoms with Crippen molar-refractivity contribution in [2.75, 3.05) is 20.2 Å². The van der Waals surface area contributed by atoms with Crippen LogP contribution in [-0.2, 0) is 0 Å². The number of rotatable bonds is 3. The van der Waals surface area contributed by atoms with Gasteiger partial charge in [0.05, 0.1) is 7.11 Å². The van der Waals surface area contributed by atoms with Gasteiger partial charge in [0, 0.05) is 25.0 Å². The molecule has 138 valence electrons. The predicted octanol–water partition coefficient (Wildman–Crippen LogP) is 4.70. The highest BCUT2D eigenvalue weighted by molar-refractivity contribution is 5.74. The van der Waals surface area contributed by atoms with E-state index >= 15 is 0 Å². The lowest BCUT2D eigenvalue weighted by Crippen LogP contribution is -2.46. The Labute approximate surface area is 151 Å². The summed E-state index contributed by atoms with van der Waals surface area (Å²) in [5.74, 6) is 1.31. The average molecular weight is 344 g/mol. The van der Waals surface area contributed by atoms with Crippen LogP contribution in [0.25, 0.3) is 0 Å². The van der Waals surface area contributed by atoms with Gasteiger partial charge in [-0.25, -0.2) is 4.79 Å². The predicted molar refractivity (Wildman–Crippen MR) is 101 cm³/mol. The molecule has 0 radical (unpaired) electrons. The van der Waals surface area contributed by atoms with Gasteiger partial charge in [-0.1, -0.05) is 44.2 Å². The van der Waals surface area contributed by atoms with Crippen LogP contribution in [0, 0.1) is 0 Å². The second-order valence-corrected chi connectivity index (χ2v) is 7.55. The van der Waals surface area contributed by atoms with Crippen LogP contribution in [0.2, 0.25) is 0 Å². The van der Waals surface area contributed by atoms with Crippen LogP contribution in [0.3, 0.4) is 0 Å². The van der Waals surface area contributed by atoms with Gasteiger partial charge in [-0.15, -0.1) is 0 Å². The molecule has 0 aromatic heterocycles. The van der Waals surface area contributed by atoms with E-state index in [1.54, 1.807) is 7.11 Å². The first-order valence-electron chi connectivity index (χ1n) is 9.95. The van der Waals surface area contributed by atoms with E-state index in [1.807, 2.05) is 17.0 Å². The number of hydrogen-bond acceptors (Lipinski definition) is 2. The van der Waals surface area contributed by atoms with Crippen molar-refractivity contribution < 1.29 is 9.53 Å². The molecule has 3 rings (SSSR count). The van der Waals surface area contributed by atoms with Gasteiger partial charge in [0.15, 0.2) is 0 Å². The maximum Gasteiger partial charge on any atom is 0.317 e. The normalized spacial score (nSPS) is 22.8. The fourth-order valence-corrected chi connectivity index (χ4v) is 4.16. The molecule has 0 spiro atoms. The topological polar surface area (TPSA) is 41.6 Å². The maximum atomic E-state index is 12.8. The molecule has 1 unspecified atom stereocenters. The van der Waals surface area contributed by atoms with E-state index in [0.717, 1.165) is 44.5 Å². The molecule has 1 aromatic rings. The molecule has 1 saturated carbocycles. The van der Waals surface area contributed by atoms with Gasteiger partial charge in [-0.3, -0.25) is 0 Å². The van der Waals surface area contributed by atoms with Crippen LogP contribution in [-0.4, -0.2) is 37.2 Å². The summed E-state index contributed by atoms with van der Waals surface area (Å²) in [5, 5.41) is 3.31. The highest BCUT2D eigenvalue weighted by Gasteiger charge is 2.25. The van der Waals surface area contributed by atoms with Gasteiger partial charge in [0.1, 0.15) is 5.75 Å². The van der Waals surface area contributed by atoms with Crippen LogP contribution < -0.4 is 10.1 Å². The number of urea groups is 1. The summed E-state index contributed by atoms with van der Waals surface area (Å²) in [6, 6.07) is 8.86. The number of hydrogen-bond donors (Lipinski definition) is 1. The van der Waals surface area contributed by atoms with Crippen LogP contribution in [0.1, 0.15) is 69.3 Å². The van der Waals surface area contributed by atoms with Crippen LogP contribution in [0.4, 0.5) is 4.79 Å². The van der Waals surface area contributed by atoms with Crippen molar-refractivity contribution >= 4 is 6.03 Å². The van der Waals surface area contributed by atoms with Crippen molar-refractivity contribution in [3.8, 4) is 5.75 Å². The van der Waals surface area contributed by atoms with Crippen molar-refractivity contribution in [1.82, 2.24) is 10.2 Å². The van der Waals surface area contributed by atoms with Crippen molar-refractivity contribution in [2.45, 2.75) is 69.7 Å². The smallest absolute Gasteiger partial charge is 0.317 e. The fourth-order valence-electron chi connectivity index (χ4n) is 4.16. The Morgan fingerprint density at radius 1 is 1.00 bits per heavy atom. The Hall–Kier alpha value is -1.71. The average Bonchev–Trinajstić information content (AvgIpc) is 3.05. The van der Waals surface area contributed by atoms with Gasteiger partial charge in [-0.05, 0) is 43.4 Å². The summed E-state index contributed by atoms with van der Waals surface area (Å²) >= 11 is 0. The molecule has 1 heterocycles. The lowest BCUT2D eigenvalue weighted by Gasteiger charge is -2.27. The van der Waals surface area contributed by atoms with Gasteiger partial charge < -0.3 is 15.0 Å². The molecule has 0 bridgehead atoms. The molecule has 2 amide bonds. The number of nitrogens with zero attached hydrogens (tertiary/aromatic N) is 1. The van der Waals surface area contributed by atoms with E-state index in [1.165, 1.54) is 37.7 Å². The van der Waals surface area contributed by atoms with Gasteiger partial charge in [-0.2, -0.15) is 0 Å². The molecule has 1 saturated heterocycles. The minimum Gasteiger partial charge on any atom is -0.497 e. The monoisotopic (exact) mass is 344 g/mol. The zero-order chi connectivity index (χ0) is 17.5. The first-order chi connectivity index (χ1) is 12.3. The third-order valence-corrected chi connectivity index (χ3v) is 5.73. The molecule has 1 aliphatic carbocycles. The fraction of sp³-hybridized carbons (Fsp3) is 0.667. The largest absolute Gasteiger partial charge is 0.497 e. The van der Waals surface area contributed by atoms with Gasteiger partial charge >= 0.3 is 6.03 Å². The summed E-state index contributed by atoms with van der Waals surface area (Å²) < 4.78 is 5.26. The Kier molecular flexibility index (Phi) is 6.60. The quantitative estimate of drug-likeness (QED) is 0.808. The molecule has 2 aliphatic rings. The molecule has 1 N–H and O–H groups in total. The van der Waals surface area contributed by atoms with Gasteiger partial charge in [0.2, 0.25) is 0 Å². The van der Waals surface area contributed by atoms with E-state index < -0.39 is 0 Å². The Bertz CT molecular complexity index is 535. The molecule has 4 heteroatoms. The minimum atomic E-state index is 0.146. The molecule has 25 heavy (non-hydrogen) atoms. The Balaban J connectivity index is 1.61. The molecular formula is C21H32N2O2. The van der Waals surface area contributed by atoms with Gasteiger partial charge in [0.25, 0.3) is 0 Å². The van der Waals surface area contributed by atoms with Crippen LogP contribution in [0.5, 0.6) is 5.75 Å². The zero-order valence-corrected chi connectivity index (χ0v) is 15.5. The Morgan fingerprint density at radius 3 is 2.36 bits per heavy atom. The number of likely N-dealkylation sites (tertiary alicyclic amines) is 1. The number of methoxy groups -OCH3 is 1. The first kappa shape index (κ1) is 18.1. The second-order valence-electron chi connectivity index (χ2n) is 7.55. The molecule has 2 fully saturated rings. The van der Waals surface area contributed by atoms with E-state index in [4.69, 9.17) is 4.74 Å². The zero-order valence-electron chi connectivity index (χ0n) is 15.5. The standard InChI is InChI=1S/C21H32N2O2/c1-25-20-13-11-17(12-14-20)18-8-6-7-15-23(16-18)21(24)22-19-9-4-2-3-5-10-19/h11-14,18-19H,2-10,15-16H2,1H3,(H,22,24). The number of carbonyl (C=O) groups excluding carboxylic acids is 1. The summed E-state index contributed by atoms with van der Waals surface area (Å²) in [5.41, 5.74) is 1.31. The highest BCUT2D eigenvalue weighted by Crippen LogP contribution is 2.28. The lowest BCUT2D eigenvalue weighted by atomic mass is 9.94. The molecule has 1 aliphatic heterocycles.